The number of nitro groups is 1. The number of non-ortho nitro benzene ring substituents is 1. The molecule has 126 valence electrons. The number of hydrogen-bond donors (Lipinski definition) is 0. The van der Waals surface area contributed by atoms with Crippen molar-refractivity contribution < 1.29 is 14.5 Å². The second-order valence-corrected chi connectivity index (χ2v) is 6.11. The zero-order valence-corrected chi connectivity index (χ0v) is 13.9. The molecule has 0 N–H and O–H groups in total. The molecule has 9 heteroatoms. The molecule has 0 aliphatic carbocycles. The molecular formula is C15H16N4O4S. The van der Waals surface area contributed by atoms with Gasteiger partial charge in [0.1, 0.15) is 5.75 Å². The standard InChI is InChI=1S/C15H16N4O4S/c1-23-13-3-2-11(19(21)22)10-12(13)14(20)17-5-7-18(8-6-17)15-16-4-9-24-15/h2-4,9-10H,5-8H2,1H3. The van der Waals surface area contributed by atoms with Crippen LogP contribution in [-0.2, 0) is 0 Å². The number of anilines is 1. The fourth-order valence-electron chi connectivity index (χ4n) is 2.62. The predicted molar refractivity (Wildman–Crippen MR) is 89.9 cm³/mol. The van der Waals surface area contributed by atoms with Crippen molar-refractivity contribution >= 4 is 28.1 Å². The van der Waals surface area contributed by atoms with Crippen molar-refractivity contribution in [3.8, 4) is 5.75 Å². The van der Waals surface area contributed by atoms with Crippen LogP contribution in [-0.4, -0.2) is 54.0 Å². The molecule has 0 bridgehead atoms. The number of nitro benzene ring substituents is 1. The first-order valence-corrected chi connectivity index (χ1v) is 8.24. The fourth-order valence-corrected chi connectivity index (χ4v) is 3.32. The first-order valence-electron chi connectivity index (χ1n) is 7.36. The van der Waals surface area contributed by atoms with Crippen LogP contribution in [0.15, 0.2) is 29.8 Å². The van der Waals surface area contributed by atoms with Gasteiger partial charge in [-0.05, 0) is 6.07 Å². The highest BCUT2D eigenvalue weighted by molar-refractivity contribution is 7.13. The van der Waals surface area contributed by atoms with Gasteiger partial charge in [0.25, 0.3) is 11.6 Å². The Hall–Kier alpha value is -2.68. The first kappa shape index (κ1) is 16.2. The Balaban J connectivity index is 1.75. The van der Waals surface area contributed by atoms with Crippen LogP contribution in [0.5, 0.6) is 5.75 Å². The molecule has 3 rings (SSSR count). The SMILES string of the molecule is COc1ccc([N+](=O)[O-])cc1C(=O)N1CCN(c2nccs2)CC1. The summed E-state index contributed by atoms with van der Waals surface area (Å²) in [6.07, 6.45) is 1.76. The van der Waals surface area contributed by atoms with Crippen molar-refractivity contribution in [2.45, 2.75) is 0 Å². The molecule has 0 radical (unpaired) electrons. The average molecular weight is 348 g/mol. The Kier molecular flexibility index (Phi) is 4.61. The summed E-state index contributed by atoms with van der Waals surface area (Å²) in [6.45, 7) is 2.42. The number of thiazole rings is 1. The molecule has 0 atom stereocenters. The van der Waals surface area contributed by atoms with Gasteiger partial charge in [-0.15, -0.1) is 11.3 Å². The quantitative estimate of drug-likeness (QED) is 0.620. The van der Waals surface area contributed by atoms with Crippen LogP contribution >= 0.6 is 11.3 Å². The molecule has 0 saturated carbocycles. The van der Waals surface area contributed by atoms with E-state index in [1.165, 1.54) is 25.3 Å². The Morgan fingerprint density at radius 2 is 2.08 bits per heavy atom. The highest BCUT2D eigenvalue weighted by Crippen LogP contribution is 2.26. The van der Waals surface area contributed by atoms with Crippen molar-refractivity contribution in [1.29, 1.82) is 0 Å². The van der Waals surface area contributed by atoms with Gasteiger partial charge in [0.05, 0.1) is 17.6 Å². The molecule has 1 fully saturated rings. The first-order chi connectivity index (χ1) is 11.6. The number of benzene rings is 1. The molecule has 1 aliphatic heterocycles. The Morgan fingerprint density at radius 3 is 2.67 bits per heavy atom. The third kappa shape index (κ3) is 3.16. The van der Waals surface area contributed by atoms with Crippen molar-refractivity contribution in [2.24, 2.45) is 0 Å². The van der Waals surface area contributed by atoms with Crippen LogP contribution in [0.25, 0.3) is 0 Å². The van der Waals surface area contributed by atoms with E-state index in [0.29, 0.717) is 31.9 Å². The largest absolute Gasteiger partial charge is 0.496 e. The average Bonchev–Trinajstić information content (AvgIpc) is 3.15. The van der Waals surface area contributed by atoms with Crippen molar-refractivity contribution in [3.05, 3.63) is 45.5 Å². The van der Waals surface area contributed by atoms with Crippen LogP contribution in [0.2, 0.25) is 0 Å². The molecule has 1 aromatic carbocycles. The van der Waals surface area contributed by atoms with E-state index >= 15 is 0 Å². The van der Waals surface area contributed by atoms with Crippen molar-refractivity contribution in [2.75, 3.05) is 38.2 Å². The van der Waals surface area contributed by atoms with Gasteiger partial charge in [0, 0.05) is 49.9 Å². The monoisotopic (exact) mass is 348 g/mol. The van der Waals surface area contributed by atoms with Gasteiger partial charge >= 0.3 is 0 Å². The molecule has 0 spiro atoms. The third-order valence-electron chi connectivity index (χ3n) is 3.88. The van der Waals surface area contributed by atoms with Gasteiger partial charge in [0.15, 0.2) is 5.13 Å². The number of piperazine rings is 1. The van der Waals surface area contributed by atoms with Gasteiger partial charge in [0.2, 0.25) is 0 Å². The van der Waals surface area contributed by atoms with Crippen molar-refractivity contribution in [3.63, 3.8) is 0 Å². The maximum Gasteiger partial charge on any atom is 0.270 e. The van der Waals surface area contributed by atoms with E-state index in [1.807, 2.05) is 5.38 Å². The topological polar surface area (TPSA) is 88.8 Å². The zero-order valence-electron chi connectivity index (χ0n) is 13.0. The lowest BCUT2D eigenvalue weighted by atomic mass is 10.1. The van der Waals surface area contributed by atoms with Crippen LogP contribution in [0, 0.1) is 10.1 Å². The minimum atomic E-state index is -0.517. The van der Waals surface area contributed by atoms with E-state index in [1.54, 1.807) is 22.4 Å². The molecule has 1 aliphatic rings. The summed E-state index contributed by atoms with van der Waals surface area (Å²) in [6, 6.07) is 4.06. The van der Waals surface area contributed by atoms with E-state index in [9.17, 15) is 14.9 Å². The number of nitrogens with zero attached hydrogens (tertiary/aromatic N) is 4. The molecule has 1 aromatic heterocycles. The number of aromatic nitrogens is 1. The van der Waals surface area contributed by atoms with Gasteiger partial charge < -0.3 is 14.5 Å². The summed E-state index contributed by atoms with van der Waals surface area (Å²) in [5.41, 5.74) is 0.0926. The highest BCUT2D eigenvalue weighted by Gasteiger charge is 2.26. The van der Waals surface area contributed by atoms with E-state index < -0.39 is 4.92 Å². The van der Waals surface area contributed by atoms with Gasteiger partial charge in [-0.1, -0.05) is 0 Å². The lowest BCUT2D eigenvalue weighted by Crippen LogP contribution is -2.48. The summed E-state index contributed by atoms with van der Waals surface area (Å²) >= 11 is 1.56. The maximum atomic E-state index is 12.7. The van der Waals surface area contributed by atoms with Crippen molar-refractivity contribution in [1.82, 2.24) is 9.88 Å². The Labute approximate surface area is 142 Å². The van der Waals surface area contributed by atoms with Gasteiger partial charge in [-0.25, -0.2) is 4.98 Å². The number of ether oxygens (including phenoxy) is 1. The van der Waals surface area contributed by atoms with Crippen LogP contribution in [0.1, 0.15) is 10.4 Å². The van der Waals surface area contributed by atoms with Gasteiger partial charge in [-0.2, -0.15) is 0 Å². The lowest BCUT2D eigenvalue weighted by molar-refractivity contribution is -0.384. The summed E-state index contributed by atoms with van der Waals surface area (Å²) in [7, 11) is 1.44. The second kappa shape index (κ2) is 6.83. The molecule has 1 amide bonds. The summed E-state index contributed by atoms with van der Waals surface area (Å²) < 4.78 is 5.18. The maximum absolute atomic E-state index is 12.7. The Bertz CT molecular complexity index is 742. The predicted octanol–water partition coefficient (Wildman–Crippen LogP) is 2.02. The van der Waals surface area contributed by atoms with Crippen LogP contribution < -0.4 is 9.64 Å². The molecule has 0 unspecified atom stereocenters. The minimum Gasteiger partial charge on any atom is -0.496 e. The number of hydrogen-bond acceptors (Lipinski definition) is 7. The fraction of sp³-hybridized carbons (Fsp3) is 0.333. The van der Waals surface area contributed by atoms with E-state index in [4.69, 9.17) is 4.74 Å². The zero-order chi connectivity index (χ0) is 17.1. The molecule has 2 heterocycles. The molecular weight excluding hydrogens is 332 g/mol. The number of amides is 1. The van der Waals surface area contributed by atoms with Crippen LogP contribution in [0.3, 0.4) is 0 Å². The van der Waals surface area contributed by atoms with E-state index in [-0.39, 0.29) is 17.2 Å². The third-order valence-corrected chi connectivity index (χ3v) is 4.71. The Morgan fingerprint density at radius 1 is 1.33 bits per heavy atom. The highest BCUT2D eigenvalue weighted by atomic mass is 32.1. The van der Waals surface area contributed by atoms with E-state index in [0.717, 1.165) is 5.13 Å². The number of carbonyl (C=O) groups is 1. The lowest BCUT2D eigenvalue weighted by Gasteiger charge is -2.34. The molecule has 8 nitrogen and oxygen atoms in total. The summed E-state index contributed by atoms with van der Waals surface area (Å²) in [5, 5.41) is 13.8. The number of carbonyl (C=O) groups excluding carboxylic acids is 1. The number of rotatable bonds is 4. The number of methoxy groups -OCH3 is 1. The summed E-state index contributed by atoms with van der Waals surface area (Å²) in [4.78, 5) is 31.3. The van der Waals surface area contributed by atoms with Gasteiger partial charge in [-0.3, -0.25) is 14.9 Å². The normalized spacial score (nSPS) is 14.5. The summed E-state index contributed by atoms with van der Waals surface area (Å²) in [5.74, 6) is 0.0855. The second-order valence-electron chi connectivity index (χ2n) is 5.24. The van der Waals surface area contributed by atoms with Crippen LogP contribution in [0.4, 0.5) is 10.8 Å². The smallest absolute Gasteiger partial charge is 0.270 e. The molecule has 24 heavy (non-hydrogen) atoms. The molecule has 1 saturated heterocycles. The van der Waals surface area contributed by atoms with E-state index in [2.05, 4.69) is 9.88 Å². The molecule has 2 aromatic rings. The minimum absolute atomic E-state index is 0.124.